The van der Waals surface area contributed by atoms with Crippen molar-refractivity contribution >= 4 is 12.1 Å². The van der Waals surface area contributed by atoms with Crippen molar-refractivity contribution in [1.82, 2.24) is 5.43 Å². The van der Waals surface area contributed by atoms with Crippen molar-refractivity contribution in [2.24, 2.45) is 5.10 Å². The second kappa shape index (κ2) is 7.53. The first kappa shape index (κ1) is 14.4. The molecule has 0 bridgehead atoms. The molecule has 1 aromatic rings. The lowest BCUT2D eigenvalue weighted by Crippen LogP contribution is -2.75. The number of benzene rings is 1. The van der Waals surface area contributed by atoms with Gasteiger partial charge in [-0.2, -0.15) is 5.43 Å². The van der Waals surface area contributed by atoms with E-state index in [0.717, 1.165) is 35.9 Å². The van der Waals surface area contributed by atoms with E-state index in [1.165, 1.54) is 19.3 Å². The first-order valence-electron chi connectivity index (χ1n) is 6.94. The highest BCUT2D eigenvalue weighted by atomic mass is 16.5. The molecule has 0 fully saturated rings. The molecule has 0 saturated carbocycles. The third-order valence-corrected chi connectivity index (χ3v) is 3.29. The van der Waals surface area contributed by atoms with E-state index >= 15 is 0 Å². The molecule has 1 aliphatic heterocycles. The molecule has 2 rings (SSSR count). The van der Waals surface area contributed by atoms with Gasteiger partial charge in [-0.3, -0.25) is 4.99 Å². The van der Waals surface area contributed by atoms with E-state index < -0.39 is 0 Å². The van der Waals surface area contributed by atoms with Gasteiger partial charge in [0.2, 0.25) is 0 Å². The average Bonchev–Trinajstić information content (AvgIpc) is 2.76. The summed E-state index contributed by atoms with van der Waals surface area (Å²) in [5.74, 6) is 2.60. The van der Waals surface area contributed by atoms with Crippen LogP contribution in [0.5, 0.6) is 11.5 Å². The SMILES string of the molecule is COc1ccc(/C=N/NC2=[NH+]CCCCC2)c(OC)c1. The Labute approximate surface area is 119 Å². The first-order valence-corrected chi connectivity index (χ1v) is 6.94. The molecule has 0 unspecified atom stereocenters. The van der Waals surface area contributed by atoms with Crippen molar-refractivity contribution in [2.75, 3.05) is 20.8 Å². The Balaban J connectivity index is 2.01. The summed E-state index contributed by atoms with van der Waals surface area (Å²) in [4.78, 5) is 3.36. The van der Waals surface area contributed by atoms with Gasteiger partial charge in [-0.05, 0) is 31.4 Å². The summed E-state index contributed by atoms with van der Waals surface area (Å²) in [7, 11) is 3.28. The smallest absolute Gasteiger partial charge is 0.267 e. The van der Waals surface area contributed by atoms with Crippen molar-refractivity contribution < 1.29 is 14.5 Å². The monoisotopic (exact) mass is 276 g/mol. The predicted molar refractivity (Wildman–Crippen MR) is 79.6 cm³/mol. The minimum absolute atomic E-state index is 0.744. The number of nitrogens with one attached hydrogen (secondary N) is 2. The molecule has 0 amide bonds. The van der Waals surface area contributed by atoms with Crippen molar-refractivity contribution in [2.45, 2.75) is 25.7 Å². The Kier molecular flexibility index (Phi) is 5.41. The Morgan fingerprint density at radius 1 is 1.20 bits per heavy atom. The van der Waals surface area contributed by atoms with Gasteiger partial charge in [0.25, 0.3) is 5.84 Å². The van der Waals surface area contributed by atoms with Crippen LogP contribution in [0.25, 0.3) is 0 Å². The van der Waals surface area contributed by atoms with Gasteiger partial charge in [0.15, 0.2) is 0 Å². The normalized spacial score (nSPS) is 15.6. The summed E-state index contributed by atoms with van der Waals surface area (Å²) >= 11 is 0. The van der Waals surface area contributed by atoms with Crippen LogP contribution in [0.15, 0.2) is 23.3 Å². The van der Waals surface area contributed by atoms with E-state index in [1.807, 2.05) is 18.2 Å². The molecule has 2 N–H and O–H groups in total. The molecule has 0 spiro atoms. The molecule has 0 saturated heterocycles. The van der Waals surface area contributed by atoms with Crippen molar-refractivity contribution in [3.8, 4) is 11.5 Å². The largest absolute Gasteiger partial charge is 0.497 e. The van der Waals surface area contributed by atoms with Crippen LogP contribution in [0, 0.1) is 0 Å². The van der Waals surface area contributed by atoms with Crippen LogP contribution < -0.4 is 19.9 Å². The maximum Gasteiger partial charge on any atom is 0.267 e. The highest BCUT2D eigenvalue weighted by Crippen LogP contribution is 2.22. The summed E-state index contributed by atoms with van der Waals surface area (Å²) in [5, 5.41) is 4.28. The van der Waals surface area contributed by atoms with Crippen LogP contribution in [0.4, 0.5) is 0 Å². The van der Waals surface area contributed by atoms with Gasteiger partial charge >= 0.3 is 0 Å². The van der Waals surface area contributed by atoms with Gasteiger partial charge < -0.3 is 9.47 Å². The topological polar surface area (TPSA) is 56.8 Å². The van der Waals surface area contributed by atoms with E-state index in [-0.39, 0.29) is 0 Å². The molecule has 108 valence electrons. The Hall–Kier alpha value is -2.04. The van der Waals surface area contributed by atoms with Gasteiger partial charge in [-0.1, -0.05) is 5.10 Å². The summed E-state index contributed by atoms with van der Waals surface area (Å²) in [5.41, 5.74) is 3.99. The second-order valence-corrected chi connectivity index (χ2v) is 4.69. The number of amidine groups is 1. The van der Waals surface area contributed by atoms with Crippen LogP contribution >= 0.6 is 0 Å². The Bertz CT molecular complexity index is 498. The fourth-order valence-electron chi connectivity index (χ4n) is 2.13. The molecular formula is C15H22N3O2+. The number of ether oxygens (including phenoxy) is 2. The zero-order valence-corrected chi connectivity index (χ0v) is 12.1. The van der Waals surface area contributed by atoms with Gasteiger partial charge in [0.05, 0.1) is 33.4 Å². The highest BCUT2D eigenvalue weighted by molar-refractivity contribution is 5.85. The lowest BCUT2D eigenvalue weighted by atomic mass is 10.2. The number of nitrogens with zero attached hydrogens (tertiary/aromatic N) is 1. The van der Waals surface area contributed by atoms with Gasteiger partial charge in [0.1, 0.15) is 11.5 Å². The van der Waals surface area contributed by atoms with Crippen LogP contribution in [0.2, 0.25) is 0 Å². The summed E-state index contributed by atoms with van der Waals surface area (Å²) in [6.07, 6.45) is 6.49. The lowest BCUT2D eigenvalue weighted by molar-refractivity contribution is -0.459. The molecule has 0 aliphatic carbocycles. The standard InChI is InChI=1S/C15H21N3O2/c1-19-13-8-7-12(14(10-13)20-2)11-17-18-15-6-4-3-5-9-16-15/h7-8,10-11H,3-6,9H2,1-2H3,(H,16,18)/p+1/b17-11+. The van der Waals surface area contributed by atoms with Gasteiger partial charge in [-0.15, -0.1) is 0 Å². The molecule has 1 heterocycles. The minimum atomic E-state index is 0.744. The summed E-state index contributed by atoms with van der Waals surface area (Å²) in [6.45, 7) is 1.02. The Morgan fingerprint density at radius 3 is 2.90 bits per heavy atom. The molecule has 1 aliphatic rings. The zero-order valence-electron chi connectivity index (χ0n) is 12.1. The Morgan fingerprint density at radius 2 is 2.10 bits per heavy atom. The molecular weight excluding hydrogens is 254 g/mol. The zero-order chi connectivity index (χ0) is 14.2. The van der Waals surface area contributed by atoms with Crippen molar-refractivity contribution in [1.29, 1.82) is 0 Å². The van der Waals surface area contributed by atoms with E-state index in [1.54, 1.807) is 20.4 Å². The van der Waals surface area contributed by atoms with E-state index in [0.29, 0.717) is 0 Å². The number of methoxy groups -OCH3 is 2. The van der Waals surface area contributed by atoms with Gasteiger partial charge in [0, 0.05) is 11.6 Å². The van der Waals surface area contributed by atoms with Crippen LogP contribution in [0.3, 0.4) is 0 Å². The fourth-order valence-corrected chi connectivity index (χ4v) is 2.13. The maximum absolute atomic E-state index is 5.33. The predicted octanol–water partition coefficient (Wildman–Crippen LogP) is 0.680. The molecule has 0 aromatic heterocycles. The van der Waals surface area contributed by atoms with E-state index in [9.17, 15) is 0 Å². The number of hydrogen-bond donors (Lipinski definition) is 2. The van der Waals surface area contributed by atoms with Crippen LogP contribution in [-0.4, -0.2) is 32.8 Å². The van der Waals surface area contributed by atoms with Crippen LogP contribution in [-0.2, 0) is 0 Å². The average molecular weight is 276 g/mol. The molecule has 1 aromatic carbocycles. The lowest BCUT2D eigenvalue weighted by Gasteiger charge is -2.06. The minimum Gasteiger partial charge on any atom is -0.497 e. The van der Waals surface area contributed by atoms with Crippen molar-refractivity contribution in [3.63, 3.8) is 0 Å². The number of rotatable bonds is 4. The summed E-state index contributed by atoms with van der Waals surface area (Å²) in [6, 6.07) is 5.66. The third-order valence-electron chi connectivity index (χ3n) is 3.29. The third kappa shape index (κ3) is 3.98. The van der Waals surface area contributed by atoms with Crippen LogP contribution in [0.1, 0.15) is 31.2 Å². The van der Waals surface area contributed by atoms with Gasteiger partial charge in [-0.25, -0.2) is 0 Å². The fraction of sp³-hybridized carbons (Fsp3) is 0.467. The maximum atomic E-state index is 5.33. The van der Waals surface area contributed by atoms with E-state index in [4.69, 9.17) is 9.47 Å². The first-order chi connectivity index (χ1) is 9.83. The molecule has 5 nitrogen and oxygen atoms in total. The quantitative estimate of drug-likeness (QED) is 0.628. The second-order valence-electron chi connectivity index (χ2n) is 4.69. The number of hydrazone groups is 1. The summed E-state index contributed by atoms with van der Waals surface area (Å²) < 4.78 is 10.5. The molecule has 0 atom stereocenters. The molecule has 0 radical (unpaired) electrons. The molecule has 5 heteroatoms. The number of hydrogen-bond acceptors (Lipinski definition) is 4. The van der Waals surface area contributed by atoms with Crippen molar-refractivity contribution in [3.05, 3.63) is 23.8 Å². The highest BCUT2D eigenvalue weighted by Gasteiger charge is 2.09. The van der Waals surface area contributed by atoms with E-state index in [2.05, 4.69) is 15.5 Å². The molecule has 20 heavy (non-hydrogen) atoms.